The SMILES string of the molecule is COCCCN(CCOC)c1ncnc(NN)c1C. The van der Waals surface area contributed by atoms with Gasteiger partial charge >= 0.3 is 0 Å². The van der Waals surface area contributed by atoms with E-state index in [-0.39, 0.29) is 0 Å². The van der Waals surface area contributed by atoms with Crippen molar-refractivity contribution in [3.8, 4) is 0 Å². The summed E-state index contributed by atoms with van der Waals surface area (Å²) in [6.45, 7) is 4.92. The number of ether oxygens (including phenoxy) is 2. The van der Waals surface area contributed by atoms with Crippen molar-refractivity contribution < 1.29 is 9.47 Å². The van der Waals surface area contributed by atoms with Crippen LogP contribution in [0.25, 0.3) is 0 Å². The summed E-state index contributed by atoms with van der Waals surface area (Å²) < 4.78 is 10.2. The van der Waals surface area contributed by atoms with Gasteiger partial charge in [-0.3, -0.25) is 0 Å². The summed E-state index contributed by atoms with van der Waals surface area (Å²) >= 11 is 0. The monoisotopic (exact) mass is 269 g/mol. The number of rotatable bonds is 9. The van der Waals surface area contributed by atoms with E-state index in [2.05, 4.69) is 20.3 Å². The maximum Gasteiger partial charge on any atom is 0.148 e. The molecular formula is C12H23N5O2. The van der Waals surface area contributed by atoms with Gasteiger partial charge in [-0.05, 0) is 13.3 Å². The van der Waals surface area contributed by atoms with Crippen LogP contribution >= 0.6 is 0 Å². The maximum absolute atomic E-state index is 5.44. The Balaban J connectivity index is 2.82. The van der Waals surface area contributed by atoms with Gasteiger partial charge in [0.15, 0.2) is 0 Å². The van der Waals surface area contributed by atoms with Crippen LogP contribution in [0, 0.1) is 6.92 Å². The number of nitrogen functional groups attached to an aromatic ring is 1. The lowest BCUT2D eigenvalue weighted by molar-refractivity contribution is 0.191. The fourth-order valence-corrected chi connectivity index (χ4v) is 1.83. The highest BCUT2D eigenvalue weighted by molar-refractivity contribution is 5.57. The number of hydrogen-bond donors (Lipinski definition) is 2. The lowest BCUT2D eigenvalue weighted by Gasteiger charge is -2.25. The number of hydrazine groups is 1. The molecule has 0 fully saturated rings. The van der Waals surface area contributed by atoms with Crippen molar-refractivity contribution in [2.45, 2.75) is 13.3 Å². The van der Waals surface area contributed by atoms with E-state index < -0.39 is 0 Å². The molecule has 0 aromatic carbocycles. The molecule has 0 atom stereocenters. The average molecular weight is 269 g/mol. The maximum atomic E-state index is 5.44. The number of aromatic nitrogens is 2. The Bertz CT molecular complexity index is 375. The molecule has 7 nitrogen and oxygen atoms in total. The number of nitrogens with zero attached hydrogens (tertiary/aromatic N) is 3. The van der Waals surface area contributed by atoms with Crippen LogP contribution < -0.4 is 16.2 Å². The molecule has 19 heavy (non-hydrogen) atoms. The molecular weight excluding hydrogens is 246 g/mol. The molecule has 1 heterocycles. The molecule has 0 bridgehead atoms. The molecule has 0 aliphatic heterocycles. The molecule has 0 saturated heterocycles. The first-order valence-electron chi connectivity index (χ1n) is 6.25. The van der Waals surface area contributed by atoms with E-state index in [1.54, 1.807) is 14.2 Å². The zero-order valence-electron chi connectivity index (χ0n) is 11.8. The van der Waals surface area contributed by atoms with Crippen LogP contribution in [0.3, 0.4) is 0 Å². The van der Waals surface area contributed by atoms with Gasteiger partial charge in [-0.2, -0.15) is 0 Å². The zero-order valence-corrected chi connectivity index (χ0v) is 11.8. The Morgan fingerprint density at radius 2 is 1.95 bits per heavy atom. The van der Waals surface area contributed by atoms with Crippen molar-refractivity contribution in [1.29, 1.82) is 0 Å². The van der Waals surface area contributed by atoms with Crippen molar-refractivity contribution >= 4 is 11.6 Å². The molecule has 0 amide bonds. The highest BCUT2D eigenvalue weighted by Gasteiger charge is 2.13. The molecule has 1 rings (SSSR count). The summed E-state index contributed by atoms with van der Waals surface area (Å²) in [7, 11) is 3.39. The van der Waals surface area contributed by atoms with Crippen LogP contribution in [0.4, 0.5) is 11.6 Å². The van der Waals surface area contributed by atoms with E-state index in [4.69, 9.17) is 15.3 Å². The second kappa shape index (κ2) is 8.63. The number of hydrogen-bond acceptors (Lipinski definition) is 7. The van der Waals surface area contributed by atoms with E-state index in [0.717, 1.165) is 37.5 Å². The number of nitrogens with one attached hydrogen (secondary N) is 1. The first-order valence-corrected chi connectivity index (χ1v) is 6.25. The van der Waals surface area contributed by atoms with E-state index in [1.165, 1.54) is 6.33 Å². The molecule has 1 aromatic heterocycles. The summed E-state index contributed by atoms with van der Waals surface area (Å²) in [6.07, 6.45) is 2.43. The lowest BCUT2D eigenvalue weighted by Crippen LogP contribution is -2.31. The van der Waals surface area contributed by atoms with E-state index >= 15 is 0 Å². The molecule has 0 radical (unpaired) electrons. The van der Waals surface area contributed by atoms with Crippen molar-refractivity contribution in [3.05, 3.63) is 11.9 Å². The zero-order chi connectivity index (χ0) is 14.1. The van der Waals surface area contributed by atoms with Crippen LogP contribution in [0.2, 0.25) is 0 Å². The van der Waals surface area contributed by atoms with Crippen molar-refractivity contribution in [2.24, 2.45) is 5.84 Å². The summed E-state index contributed by atoms with van der Waals surface area (Å²) in [4.78, 5) is 10.6. The smallest absolute Gasteiger partial charge is 0.148 e. The third kappa shape index (κ3) is 4.62. The summed E-state index contributed by atoms with van der Waals surface area (Å²) in [5.74, 6) is 6.95. The van der Waals surface area contributed by atoms with Crippen LogP contribution in [0.15, 0.2) is 6.33 Å². The fourth-order valence-electron chi connectivity index (χ4n) is 1.83. The standard InChI is InChI=1S/C12H23N5O2/c1-10-11(16-13)14-9-15-12(10)17(6-8-19-3)5-4-7-18-2/h9H,4-8,13H2,1-3H3,(H,14,15,16). The van der Waals surface area contributed by atoms with Crippen molar-refractivity contribution in [3.63, 3.8) is 0 Å². The number of methoxy groups -OCH3 is 2. The third-order valence-corrected chi connectivity index (χ3v) is 2.84. The van der Waals surface area contributed by atoms with Crippen LogP contribution in [-0.4, -0.2) is 50.5 Å². The third-order valence-electron chi connectivity index (χ3n) is 2.84. The highest BCUT2D eigenvalue weighted by Crippen LogP contribution is 2.21. The van der Waals surface area contributed by atoms with Crippen LogP contribution in [0.5, 0.6) is 0 Å². The predicted molar refractivity (Wildman–Crippen MR) is 75.2 cm³/mol. The fraction of sp³-hybridized carbons (Fsp3) is 0.667. The highest BCUT2D eigenvalue weighted by atomic mass is 16.5. The van der Waals surface area contributed by atoms with Gasteiger partial charge in [0.05, 0.1) is 6.61 Å². The predicted octanol–water partition coefficient (Wildman–Crippen LogP) is 0.560. The van der Waals surface area contributed by atoms with Gasteiger partial charge in [-0.15, -0.1) is 0 Å². The number of anilines is 2. The number of nitrogens with two attached hydrogens (primary N) is 1. The lowest BCUT2D eigenvalue weighted by atomic mass is 10.2. The van der Waals surface area contributed by atoms with Gasteiger partial charge in [0, 0.05) is 39.5 Å². The quantitative estimate of drug-likeness (QED) is 0.385. The molecule has 3 N–H and O–H groups in total. The van der Waals surface area contributed by atoms with E-state index in [9.17, 15) is 0 Å². The Hall–Kier alpha value is -1.44. The van der Waals surface area contributed by atoms with Gasteiger partial charge < -0.3 is 19.8 Å². The first kappa shape index (κ1) is 15.6. The first-order chi connectivity index (χ1) is 9.24. The minimum Gasteiger partial charge on any atom is -0.385 e. The Labute approximate surface area is 114 Å². The van der Waals surface area contributed by atoms with Gasteiger partial charge in [0.2, 0.25) is 0 Å². The van der Waals surface area contributed by atoms with E-state index in [1.807, 2.05) is 6.92 Å². The van der Waals surface area contributed by atoms with Gasteiger partial charge in [0.1, 0.15) is 18.0 Å². The normalized spacial score (nSPS) is 10.5. The van der Waals surface area contributed by atoms with E-state index in [0.29, 0.717) is 12.4 Å². The summed E-state index contributed by atoms with van der Waals surface area (Å²) in [5, 5.41) is 0. The van der Waals surface area contributed by atoms with Gasteiger partial charge in [-0.1, -0.05) is 0 Å². The molecule has 0 spiro atoms. The van der Waals surface area contributed by atoms with Crippen molar-refractivity contribution in [2.75, 3.05) is 50.8 Å². The second-order valence-electron chi connectivity index (χ2n) is 4.14. The Morgan fingerprint density at radius 3 is 2.58 bits per heavy atom. The molecule has 1 aromatic rings. The molecule has 0 unspecified atom stereocenters. The summed E-state index contributed by atoms with van der Waals surface area (Å²) in [5.41, 5.74) is 3.51. The van der Waals surface area contributed by atoms with Gasteiger partial charge in [0.25, 0.3) is 0 Å². The topological polar surface area (TPSA) is 85.5 Å². The minimum absolute atomic E-state index is 0.638. The molecule has 0 aliphatic rings. The van der Waals surface area contributed by atoms with Gasteiger partial charge in [-0.25, -0.2) is 15.8 Å². The Kier molecular flexibility index (Phi) is 7.09. The van der Waals surface area contributed by atoms with Crippen LogP contribution in [-0.2, 0) is 9.47 Å². The largest absolute Gasteiger partial charge is 0.385 e. The molecule has 0 aliphatic carbocycles. The summed E-state index contributed by atoms with van der Waals surface area (Å²) in [6, 6.07) is 0. The minimum atomic E-state index is 0.638. The molecule has 0 saturated carbocycles. The Morgan fingerprint density at radius 1 is 1.21 bits per heavy atom. The van der Waals surface area contributed by atoms with Crippen LogP contribution in [0.1, 0.15) is 12.0 Å². The second-order valence-corrected chi connectivity index (χ2v) is 4.14. The average Bonchev–Trinajstić information content (AvgIpc) is 2.43. The molecule has 7 heteroatoms. The molecule has 108 valence electrons. The van der Waals surface area contributed by atoms with Crippen molar-refractivity contribution in [1.82, 2.24) is 9.97 Å².